The molecule has 1 heterocycles. The SMILES string of the molecule is O=C1NC(C(=O)NCc2ccccc2Cl)CO1. The quantitative estimate of drug-likeness (QED) is 0.848. The van der Waals surface area contributed by atoms with Gasteiger partial charge in [0.1, 0.15) is 12.6 Å². The van der Waals surface area contributed by atoms with E-state index in [1.54, 1.807) is 6.07 Å². The smallest absolute Gasteiger partial charge is 0.407 e. The minimum Gasteiger partial charge on any atom is -0.447 e. The maximum Gasteiger partial charge on any atom is 0.407 e. The van der Waals surface area contributed by atoms with Crippen LogP contribution in [0.2, 0.25) is 5.02 Å². The van der Waals surface area contributed by atoms with Crippen LogP contribution in [0.4, 0.5) is 4.79 Å². The van der Waals surface area contributed by atoms with Crippen molar-refractivity contribution in [1.29, 1.82) is 0 Å². The molecule has 0 spiro atoms. The van der Waals surface area contributed by atoms with E-state index >= 15 is 0 Å². The zero-order valence-corrected chi connectivity index (χ0v) is 9.66. The van der Waals surface area contributed by atoms with Gasteiger partial charge >= 0.3 is 6.09 Å². The number of hydrogen-bond acceptors (Lipinski definition) is 3. The van der Waals surface area contributed by atoms with Crippen molar-refractivity contribution in [2.75, 3.05) is 6.61 Å². The first kappa shape index (κ1) is 11.7. The summed E-state index contributed by atoms with van der Waals surface area (Å²) in [5.41, 5.74) is 0.827. The second kappa shape index (κ2) is 5.05. The van der Waals surface area contributed by atoms with Gasteiger partial charge in [-0.05, 0) is 11.6 Å². The van der Waals surface area contributed by atoms with E-state index in [1.807, 2.05) is 18.2 Å². The number of cyclic esters (lactones) is 1. The Hall–Kier alpha value is -1.75. The molecule has 0 bridgehead atoms. The number of nitrogens with one attached hydrogen (secondary N) is 2. The van der Waals surface area contributed by atoms with E-state index in [-0.39, 0.29) is 12.5 Å². The topological polar surface area (TPSA) is 67.4 Å². The van der Waals surface area contributed by atoms with Crippen LogP contribution in [0, 0.1) is 0 Å². The lowest BCUT2D eigenvalue weighted by Crippen LogP contribution is -2.42. The van der Waals surface area contributed by atoms with E-state index in [0.29, 0.717) is 11.6 Å². The van der Waals surface area contributed by atoms with Crippen molar-refractivity contribution in [3.8, 4) is 0 Å². The standard InChI is InChI=1S/C11H11ClN2O3/c12-8-4-2-1-3-7(8)5-13-10(15)9-6-17-11(16)14-9/h1-4,9H,5-6H2,(H,13,15)(H,14,16). The molecule has 1 saturated heterocycles. The molecule has 2 N–H and O–H groups in total. The van der Waals surface area contributed by atoms with Gasteiger partial charge in [0.15, 0.2) is 0 Å². The van der Waals surface area contributed by atoms with Crippen LogP contribution in [0.1, 0.15) is 5.56 Å². The maximum atomic E-state index is 11.6. The third-order valence-corrected chi connectivity index (χ3v) is 2.77. The van der Waals surface area contributed by atoms with Crippen LogP contribution < -0.4 is 10.6 Å². The first-order valence-corrected chi connectivity index (χ1v) is 5.49. The molecule has 0 saturated carbocycles. The number of rotatable bonds is 3. The second-order valence-electron chi connectivity index (χ2n) is 3.60. The molecule has 5 nitrogen and oxygen atoms in total. The Kier molecular flexibility index (Phi) is 3.49. The molecule has 1 aromatic carbocycles. The van der Waals surface area contributed by atoms with E-state index < -0.39 is 12.1 Å². The van der Waals surface area contributed by atoms with Crippen LogP contribution in [0.5, 0.6) is 0 Å². The van der Waals surface area contributed by atoms with Gasteiger partial charge < -0.3 is 15.4 Å². The van der Waals surface area contributed by atoms with Gasteiger partial charge in [-0.25, -0.2) is 4.79 Å². The summed E-state index contributed by atoms with van der Waals surface area (Å²) in [7, 11) is 0. The Morgan fingerprint density at radius 3 is 2.94 bits per heavy atom. The minimum atomic E-state index is -0.620. The van der Waals surface area contributed by atoms with E-state index in [9.17, 15) is 9.59 Å². The summed E-state index contributed by atoms with van der Waals surface area (Å²) in [5, 5.41) is 5.68. The summed E-state index contributed by atoms with van der Waals surface area (Å²) in [5.74, 6) is -0.282. The van der Waals surface area contributed by atoms with E-state index in [2.05, 4.69) is 15.4 Å². The molecule has 6 heteroatoms. The average Bonchev–Trinajstić information content (AvgIpc) is 2.74. The first-order valence-electron chi connectivity index (χ1n) is 5.11. The van der Waals surface area contributed by atoms with Gasteiger partial charge in [-0.2, -0.15) is 0 Å². The van der Waals surface area contributed by atoms with Crippen molar-refractivity contribution in [3.63, 3.8) is 0 Å². The molecule has 1 aromatic rings. The number of amides is 2. The lowest BCUT2D eigenvalue weighted by molar-refractivity contribution is -0.122. The van der Waals surface area contributed by atoms with Gasteiger partial charge in [0.05, 0.1) is 0 Å². The third-order valence-electron chi connectivity index (χ3n) is 2.40. The van der Waals surface area contributed by atoms with Crippen LogP contribution in [-0.4, -0.2) is 24.6 Å². The fourth-order valence-corrected chi connectivity index (χ4v) is 1.68. The van der Waals surface area contributed by atoms with Gasteiger partial charge in [0.25, 0.3) is 0 Å². The van der Waals surface area contributed by atoms with Crippen LogP contribution in [0.15, 0.2) is 24.3 Å². The molecular weight excluding hydrogens is 244 g/mol. The van der Waals surface area contributed by atoms with E-state index in [0.717, 1.165) is 5.56 Å². The Morgan fingerprint density at radius 1 is 1.53 bits per heavy atom. The highest BCUT2D eigenvalue weighted by molar-refractivity contribution is 6.31. The number of carbonyl (C=O) groups is 2. The summed E-state index contributed by atoms with van der Waals surface area (Å²) in [6.07, 6.45) is -0.567. The predicted molar refractivity (Wildman–Crippen MR) is 61.6 cm³/mol. The third kappa shape index (κ3) is 2.88. The molecule has 0 radical (unpaired) electrons. The van der Waals surface area contributed by atoms with Crippen molar-refractivity contribution in [3.05, 3.63) is 34.9 Å². The van der Waals surface area contributed by atoms with Crippen LogP contribution in [-0.2, 0) is 16.1 Å². The van der Waals surface area contributed by atoms with Gasteiger partial charge in [-0.3, -0.25) is 4.79 Å². The highest BCUT2D eigenvalue weighted by atomic mass is 35.5. The van der Waals surface area contributed by atoms with Crippen molar-refractivity contribution >= 4 is 23.6 Å². The monoisotopic (exact) mass is 254 g/mol. The van der Waals surface area contributed by atoms with Crippen molar-refractivity contribution in [2.45, 2.75) is 12.6 Å². The summed E-state index contributed by atoms with van der Waals surface area (Å²) < 4.78 is 4.63. The molecule has 1 atom stereocenters. The number of ether oxygens (including phenoxy) is 1. The van der Waals surface area contributed by atoms with Crippen LogP contribution in [0.25, 0.3) is 0 Å². The normalized spacial score (nSPS) is 18.4. The fourth-order valence-electron chi connectivity index (χ4n) is 1.47. The molecule has 1 aliphatic rings. The summed E-state index contributed by atoms with van der Waals surface area (Å²) in [6, 6.07) is 6.62. The summed E-state index contributed by atoms with van der Waals surface area (Å²) in [4.78, 5) is 22.4. The Balaban J connectivity index is 1.88. The lowest BCUT2D eigenvalue weighted by atomic mass is 10.2. The van der Waals surface area contributed by atoms with Crippen LogP contribution >= 0.6 is 11.6 Å². The summed E-state index contributed by atoms with van der Waals surface area (Å²) in [6.45, 7) is 0.387. The van der Waals surface area contributed by atoms with Gasteiger partial charge in [0.2, 0.25) is 5.91 Å². The van der Waals surface area contributed by atoms with Gasteiger partial charge in [-0.15, -0.1) is 0 Å². The second-order valence-corrected chi connectivity index (χ2v) is 4.01. The number of carbonyl (C=O) groups excluding carboxylic acids is 2. The summed E-state index contributed by atoms with van der Waals surface area (Å²) >= 11 is 5.94. The first-order chi connectivity index (χ1) is 8.16. The molecule has 17 heavy (non-hydrogen) atoms. The Bertz CT molecular complexity index is 450. The Labute approximate surface area is 103 Å². The van der Waals surface area contributed by atoms with Crippen molar-refractivity contribution in [2.24, 2.45) is 0 Å². The molecule has 2 amide bonds. The van der Waals surface area contributed by atoms with E-state index in [4.69, 9.17) is 11.6 Å². The predicted octanol–water partition coefficient (Wildman–Crippen LogP) is 1.06. The van der Waals surface area contributed by atoms with Gasteiger partial charge in [-0.1, -0.05) is 29.8 Å². The molecule has 2 rings (SSSR count). The largest absolute Gasteiger partial charge is 0.447 e. The minimum absolute atomic E-state index is 0.0627. The number of alkyl carbamates (subject to hydrolysis) is 1. The molecule has 0 aromatic heterocycles. The van der Waals surface area contributed by atoms with Crippen molar-refractivity contribution in [1.82, 2.24) is 10.6 Å². The number of hydrogen-bond donors (Lipinski definition) is 2. The average molecular weight is 255 g/mol. The number of halogens is 1. The van der Waals surface area contributed by atoms with Crippen LogP contribution in [0.3, 0.4) is 0 Å². The van der Waals surface area contributed by atoms with E-state index in [1.165, 1.54) is 0 Å². The molecule has 1 unspecified atom stereocenters. The fraction of sp³-hybridized carbons (Fsp3) is 0.273. The highest BCUT2D eigenvalue weighted by Gasteiger charge is 2.28. The molecule has 0 aliphatic carbocycles. The highest BCUT2D eigenvalue weighted by Crippen LogP contribution is 2.14. The molecule has 1 fully saturated rings. The zero-order valence-electron chi connectivity index (χ0n) is 8.90. The Morgan fingerprint density at radius 2 is 2.29 bits per heavy atom. The molecule has 1 aliphatic heterocycles. The maximum absolute atomic E-state index is 11.6. The molecular formula is C11H11ClN2O3. The number of benzene rings is 1. The lowest BCUT2D eigenvalue weighted by Gasteiger charge is -2.09. The van der Waals surface area contributed by atoms with Gasteiger partial charge in [0, 0.05) is 11.6 Å². The zero-order chi connectivity index (χ0) is 12.3. The van der Waals surface area contributed by atoms with Crippen molar-refractivity contribution < 1.29 is 14.3 Å². The molecule has 90 valence electrons.